The predicted octanol–water partition coefficient (Wildman–Crippen LogP) is 3.39. The molecule has 1 aromatic heterocycles. The second-order valence-corrected chi connectivity index (χ2v) is 6.51. The average molecular weight is 416 g/mol. The first-order valence-electron chi connectivity index (χ1n) is 8.23. The number of carbonyl (C=O) groups excluding carboxylic acids is 1. The molecule has 0 saturated heterocycles. The van der Waals surface area contributed by atoms with Gasteiger partial charge in [-0.15, -0.1) is 10.2 Å². The largest absolute Gasteiger partial charge is 0.497 e. The van der Waals surface area contributed by atoms with Crippen molar-refractivity contribution in [1.29, 1.82) is 0 Å². The van der Waals surface area contributed by atoms with Crippen LogP contribution in [-0.4, -0.2) is 41.0 Å². The lowest BCUT2D eigenvalue weighted by Crippen LogP contribution is -2.14. The van der Waals surface area contributed by atoms with E-state index >= 15 is 0 Å². The SMILES string of the molecule is COc1ccc(NC(=O)CSc2nnc(-c3ccc([N+](=O)[O-])cc3)o2)c(OC)c1. The molecule has 1 amide bonds. The van der Waals surface area contributed by atoms with Gasteiger partial charge in [0.15, 0.2) is 0 Å². The van der Waals surface area contributed by atoms with Crippen molar-refractivity contribution in [3.63, 3.8) is 0 Å². The summed E-state index contributed by atoms with van der Waals surface area (Å²) < 4.78 is 15.9. The first-order chi connectivity index (χ1) is 14.0. The van der Waals surface area contributed by atoms with Crippen LogP contribution >= 0.6 is 11.8 Å². The van der Waals surface area contributed by atoms with Crippen LogP contribution in [0.25, 0.3) is 11.5 Å². The number of carbonyl (C=O) groups is 1. The summed E-state index contributed by atoms with van der Waals surface area (Å²) in [5, 5.41) is 21.4. The van der Waals surface area contributed by atoms with Gasteiger partial charge in [0.05, 0.1) is 30.6 Å². The van der Waals surface area contributed by atoms with Crippen molar-refractivity contribution in [2.24, 2.45) is 0 Å². The van der Waals surface area contributed by atoms with Crippen LogP contribution in [0.4, 0.5) is 11.4 Å². The molecule has 0 atom stereocenters. The Morgan fingerprint density at radius 1 is 1.17 bits per heavy atom. The van der Waals surface area contributed by atoms with E-state index in [1.807, 2.05) is 0 Å². The Morgan fingerprint density at radius 2 is 1.93 bits per heavy atom. The number of nitro groups is 1. The van der Waals surface area contributed by atoms with E-state index < -0.39 is 4.92 Å². The minimum Gasteiger partial charge on any atom is -0.497 e. The monoisotopic (exact) mass is 416 g/mol. The van der Waals surface area contributed by atoms with Crippen LogP contribution in [0.3, 0.4) is 0 Å². The molecule has 11 heteroatoms. The van der Waals surface area contributed by atoms with E-state index in [2.05, 4.69) is 15.5 Å². The Kier molecular flexibility index (Phi) is 6.29. The zero-order chi connectivity index (χ0) is 20.8. The number of nitrogens with one attached hydrogen (secondary N) is 1. The zero-order valence-corrected chi connectivity index (χ0v) is 16.3. The van der Waals surface area contributed by atoms with Crippen molar-refractivity contribution in [2.75, 3.05) is 25.3 Å². The van der Waals surface area contributed by atoms with E-state index in [0.29, 0.717) is 22.7 Å². The molecule has 1 heterocycles. The van der Waals surface area contributed by atoms with Gasteiger partial charge in [-0.25, -0.2) is 0 Å². The maximum Gasteiger partial charge on any atom is 0.277 e. The summed E-state index contributed by atoms with van der Waals surface area (Å²) in [5.74, 6) is 1.05. The quantitative estimate of drug-likeness (QED) is 0.333. The van der Waals surface area contributed by atoms with Gasteiger partial charge in [-0.3, -0.25) is 14.9 Å². The molecule has 0 radical (unpaired) electrons. The topological polar surface area (TPSA) is 130 Å². The Labute approximate surface area is 169 Å². The number of nitrogens with zero attached hydrogens (tertiary/aromatic N) is 3. The number of anilines is 1. The first-order valence-corrected chi connectivity index (χ1v) is 9.21. The van der Waals surface area contributed by atoms with Crippen LogP contribution in [0.5, 0.6) is 11.5 Å². The molecule has 0 fully saturated rings. The number of thioether (sulfide) groups is 1. The molecule has 0 aliphatic carbocycles. The van der Waals surface area contributed by atoms with Crippen molar-refractivity contribution >= 4 is 29.0 Å². The molecule has 1 N–H and O–H groups in total. The summed E-state index contributed by atoms with van der Waals surface area (Å²) in [6, 6.07) is 10.8. The van der Waals surface area contributed by atoms with Gasteiger partial charge in [-0.1, -0.05) is 11.8 Å². The van der Waals surface area contributed by atoms with Crippen molar-refractivity contribution in [2.45, 2.75) is 5.22 Å². The van der Waals surface area contributed by atoms with Gasteiger partial charge in [0.1, 0.15) is 11.5 Å². The number of hydrogen-bond donors (Lipinski definition) is 1. The van der Waals surface area contributed by atoms with Crippen LogP contribution in [0, 0.1) is 10.1 Å². The number of nitro benzene ring substituents is 1. The third-order valence-corrected chi connectivity index (χ3v) is 4.56. The van der Waals surface area contributed by atoms with Crippen molar-refractivity contribution in [3.8, 4) is 23.0 Å². The lowest BCUT2D eigenvalue weighted by molar-refractivity contribution is -0.384. The second-order valence-electron chi connectivity index (χ2n) is 5.58. The number of methoxy groups -OCH3 is 2. The van der Waals surface area contributed by atoms with Crippen LogP contribution in [0.15, 0.2) is 52.1 Å². The van der Waals surface area contributed by atoms with Crippen LogP contribution < -0.4 is 14.8 Å². The van der Waals surface area contributed by atoms with E-state index in [9.17, 15) is 14.9 Å². The molecule has 150 valence electrons. The Hall–Kier alpha value is -3.60. The average Bonchev–Trinajstić information content (AvgIpc) is 3.21. The maximum absolute atomic E-state index is 12.2. The number of hydrogen-bond acceptors (Lipinski definition) is 9. The normalized spacial score (nSPS) is 10.4. The maximum atomic E-state index is 12.2. The van der Waals surface area contributed by atoms with E-state index in [4.69, 9.17) is 13.9 Å². The van der Waals surface area contributed by atoms with Gasteiger partial charge in [-0.05, 0) is 24.3 Å². The summed E-state index contributed by atoms with van der Waals surface area (Å²) in [4.78, 5) is 22.4. The Balaban J connectivity index is 1.59. The van der Waals surface area contributed by atoms with Crippen LogP contribution in [0.2, 0.25) is 0 Å². The van der Waals surface area contributed by atoms with E-state index in [0.717, 1.165) is 11.8 Å². The molecule has 0 aliphatic heterocycles. The highest BCUT2D eigenvalue weighted by Crippen LogP contribution is 2.29. The summed E-state index contributed by atoms with van der Waals surface area (Å²) in [7, 11) is 3.04. The number of rotatable bonds is 8. The minimum absolute atomic E-state index is 0.0338. The molecule has 0 saturated carbocycles. The van der Waals surface area contributed by atoms with E-state index in [1.165, 1.54) is 31.4 Å². The molecule has 2 aromatic carbocycles. The lowest BCUT2D eigenvalue weighted by atomic mass is 10.2. The summed E-state index contributed by atoms with van der Waals surface area (Å²) in [6.07, 6.45) is 0. The highest BCUT2D eigenvalue weighted by atomic mass is 32.2. The van der Waals surface area contributed by atoms with Gasteiger partial charge >= 0.3 is 0 Å². The fourth-order valence-electron chi connectivity index (χ4n) is 2.33. The van der Waals surface area contributed by atoms with Gasteiger partial charge in [-0.2, -0.15) is 0 Å². The molecule has 3 rings (SSSR count). The lowest BCUT2D eigenvalue weighted by Gasteiger charge is -2.11. The molecular formula is C18H16N4O6S. The highest BCUT2D eigenvalue weighted by Gasteiger charge is 2.14. The molecule has 0 aliphatic rings. The van der Waals surface area contributed by atoms with Crippen LogP contribution in [-0.2, 0) is 4.79 Å². The molecule has 3 aromatic rings. The molecule has 0 spiro atoms. The third-order valence-electron chi connectivity index (χ3n) is 3.74. The van der Waals surface area contributed by atoms with Gasteiger partial charge < -0.3 is 19.2 Å². The second kappa shape index (κ2) is 9.06. The molecule has 0 bridgehead atoms. The van der Waals surface area contributed by atoms with E-state index in [1.54, 1.807) is 25.3 Å². The predicted molar refractivity (Wildman–Crippen MR) is 105 cm³/mol. The van der Waals surface area contributed by atoms with Crippen molar-refractivity contribution in [3.05, 3.63) is 52.6 Å². The number of amides is 1. The highest BCUT2D eigenvalue weighted by molar-refractivity contribution is 7.99. The number of aromatic nitrogens is 2. The summed E-state index contributed by atoms with van der Waals surface area (Å²) in [5.41, 5.74) is 1.02. The summed E-state index contributed by atoms with van der Waals surface area (Å²) in [6.45, 7) is 0. The molecule has 0 unspecified atom stereocenters. The zero-order valence-electron chi connectivity index (χ0n) is 15.4. The molecular weight excluding hydrogens is 400 g/mol. The number of ether oxygens (including phenoxy) is 2. The fourth-order valence-corrected chi connectivity index (χ4v) is 2.89. The van der Waals surface area contributed by atoms with Crippen molar-refractivity contribution < 1.29 is 23.6 Å². The van der Waals surface area contributed by atoms with Gasteiger partial charge in [0.2, 0.25) is 11.8 Å². The fraction of sp³-hybridized carbons (Fsp3) is 0.167. The Morgan fingerprint density at radius 3 is 2.59 bits per heavy atom. The number of benzene rings is 2. The molecule has 10 nitrogen and oxygen atoms in total. The molecule has 29 heavy (non-hydrogen) atoms. The van der Waals surface area contributed by atoms with Gasteiger partial charge in [0, 0.05) is 23.8 Å². The van der Waals surface area contributed by atoms with Crippen LogP contribution in [0.1, 0.15) is 0 Å². The van der Waals surface area contributed by atoms with Gasteiger partial charge in [0.25, 0.3) is 10.9 Å². The summed E-state index contributed by atoms with van der Waals surface area (Å²) >= 11 is 1.07. The van der Waals surface area contributed by atoms with Crippen molar-refractivity contribution in [1.82, 2.24) is 10.2 Å². The van der Waals surface area contributed by atoms with E-state index in [-0.39, 0.29) is 28.5 Å². The first kappa shape index (κ1) is 20.1. The smallest absolute Gasteiger partial charge is 0.277 e. The minimum atomic E-state index is -0.491. The third kappa shape index (κ3) is 5.02. The Bertz CT molecular complexity index is 1020. The number of non-ortho nitro benzene ring substituents is 1. The standard InChI is InChI=1S/C18H16N4O6S/c1-26-13-7-8-14(15(9-13)27-2)19-16(23)10-29-18-21-20-17(28-18)11-3-5-12(6-4-11)22(24)25/h3-9H,10H2,1-2H3,(H,19,23).